The van der Waals surface area contributed by atoms with Crippen LogP contribution in [0.5, 0.6) is 5.75 Å². The quantitative estimate of drug-likeness (QED) is 0.251. The Morgan fingerprint density at radius 3 is 2.71 bits per heavy atom. The lowest BCUT2D eigenvalue weighted by molar-refractivity contribution is 0.216. The molecule has 0 radical (unpaired) electrons. The van der Waals surface area contributed by atoms with Crippen molar-refractivity contribution in [3.63, 3.8) is 0 Å². The minimum Gasteiger partial charge on any atom is -0.492 e. The van der Waals surface area contributed by atoms with Gasteiger partial charge in [0.25, 0.3) is 0 Å². The van der Waals surface area contributed by atoms with Gasteiger partial charge in [-0.3, -0.25) is 5.01 Å². The maximum absolute atomic E-state index is 12.2. The zero-order valence-corrected chi connectivity index (χ0v) is 18.0. The van der Waals surface area contributed by atoms with Crippen LogP contribution < -0.4 is 21.4 Å². The maximum Gasteiger partial charge on any atom is 0.352 e. The van der Waals surface area contributed by atoms with Gasteiger partial charge in [0.1, 0.15) is 12.4 Å². The van der Waals surface area contributed by atoms with Crippen molar-refractivity contribution in [2.45, 2.75) is 33.3 Å². The first-order valence-corrected chi connectivity index (χ1v) is 10.1. The molecule has 0 bridgehead atoms. The molecule has 0 atom stereocenters. The molecule has 0 fully saturated rings. The van der Waals surface area contributed by atoms with Gasteiger partial charge in [-0.05, 0) is 30.7 Å². The molecular formula is C22H28N6O3. The first kappa shape index (κ1) is 22.3. The van der Waals surface area contributed by atoms with Gasteiger partial charge in [0.05, 0.1) is 18.0 Å². The Balaban J connectivity index is 1.80. The van der Waals surface area contributed by atoms with Gasteiger partial charge < -0.3 is 9.47 Å². The van der Waals surface area contributed by atoms with Crippen molar-refractivity contribution >= 4 is 23.3 Å². The molecule has 1 heterocycles. The number of hydrogen-bond acceptors (Lipinski definition) is 7. The van der Waals surface area contributed by atoms with E-state index in [0.717, 1.165) is 38.2 Å². The molecule has 0 aromatic heterocycles. The number of benzene rings is 2. The van der Waals surface area contributed by atoms with Crippen LogP contribution in [0.3, 0.4) is 0 Å². The molecule has 0 saturated heterocycles. The Labute approximate surface area is 181 Å². The molecule has 2 aromatic rings. The van der Waals surface area contributed by atoms with E-state index < -0.39 is 6.03 Å². The van der Waals surface area contributed by atoms with Crippen molar-refractivity contribution in [1.29, 1.82) is 0 Å². The van der Waals surface area contributed by atoms with E-state index in [4.69, 9.17) is 21.2 Å². The summed E-state index contributed by atoms with van der Waals surface area (Å²) in [6.07, 6.45) is 1.24. The summed E-state index contributed by atoms with van der Waals surface area (Å²) in [5.41, 5.74) is 4.02. The Morgan fingerprint density at radius 1 is 1.19 bits per heavy atom. The van der Waals surface area contributed by atoms with E-state index in [9.17, 15) is 4.79 Å². The molecule has 0 aliphatic carbocycles. The number of hydrazine groups is 2. The van der Waals surface area contributed by atoms with E-state index in [1.165, 1.54) is 7.05 Å². The Kier molecular flexibility index (Phi) is 7.22. The molecule has 31 heavy (non-hydrogen) atoms. The Hall–Kier alpha value is -3.43. The van der Waals surface area contributed by atoms with E-state index in [1.54, 1.807) is 6.07 Å². The number of hydrogen-bond donors (Lipinski definition) is 2. The average molecular weight is 425 g/mol. The summed E-state index contributed by atoms with van der Waals surface area (Å²) < 4.78 is 11.6. The molecule has 4 N–H and O–H groups in total. The second-order valence-electron chi connectivity index (χ2n) is 7.11. The first-order valence-electron chi connectivity index (χ1n) is 10.1. The lowest BCUT2D eigenvalue weighted by Crippen LogP contribution is -2.49. The van der Waals surface area contributed by atoms with Gasteiger partial charge >= 0.3 is 6.03 Å². The molecule has 0 spiro atoms. The van der Waals surface area contributed by atoms with Crippen LogP contribution in [0.25, 0.3) is 0 Å². The third-order valence-corrected chi connectivity index (χ3v) is 4.92. The predicted octanol–water partition coefficient (Wildman–Crippen LogP) is 3.11. The first-order chi connectivity index (χ1) is 14.9. The van der Waals surface area contributed by atoms with Crippen LogP contribution in [0, 0.1) is 6.92 Å². The predicted molar refractivity (Wildman–Crippen MR) is 121 cm³/mol. The van der Waals surface area contributed by atoms with Gasteiger partial charge in [-0.25, -0.2) is 21.5 Å². The average Bonchev–Trinajstić information content (AvgIpc) is 2.78. The number of carbonyl (C=O) groups is 1. The molecule has 2 amide bonds. The molecule has 2 aromatic carbocycles. The van der Waals surface area contributed by atoms with Gasteiger partial charge in [-0.1, -0.05) is 31.2 Å². The van der Waals surface area contributed by atoms with Gasteiger partial charge in [-0.15, -0.1) is 5.10 Å². The fourth-order valence-electron chi connectivity index (χ4n) is 3.17. The Bertz CT molecular complexity index is 1000. The van der Waals surface area contributed by atoms with Crippen molar-refractivity contribution in [3.8, 4) is 5.75 Å². The summed E-state index contributed by atoms with van der Waals surface area (Å²) in [6.45, 7) is 4.62. The number of para-hydroxylation sites is 1. The van der Waals surface area contributed by atoms with E-state index in [2.05, 4.69) is 10.2 Å². The number of amides is 2. The number of ether oxygens (including phenoxy) is 2. The Morgan fingerprint density at radius 2 is 1.97 bits per heavy atom. The molecule has 9 heteroatoms. The summed E-state index contributed by atoms with van der Waals surface area (Å²) in [7, 11) is 1.43. The lowest BCUT2D eigenvalue weighted by Gasteiger charge is -2.24. The number of aryl methyl sites for hydroxylation is 1. The molecular weight excluding hydrogens is 396 g/mol. The largest absolute Gasteiger partial charge is 0.492 e. The summed E-state index contributed by atoms with van der Waals surface area (Å²) in [4.78, 5) is 12.2. The fraction of sp³-hybridized carbons (Fsp3) is 0.318. The zero-order chi connectivity index (χ0) is 22.4. The number of urea groups is 1. The van der Waals surface area contributed by atoms with Crippen LogP contribution in [0.4, 0.5) is 10.5 Å². The highest BCUT2D eigenvalue weighted by atomic mass is 16.5. The molecule has 9 nitrogen and oxygen atoms in total. The highest BCUT2D eigenvalue weighted by Gasteiger charge is 2.19. The van der Waals surface area contributed by atoms with Crippen molar-refractivity contribution in [2.24, 2.45) is 21.9 Å². The van der Waals surface area contributed by atoms with Crippen molar-refractivity contribution in [3.05, 3.63) is 59.2 Å². The van der Waals surface area contributed by atoms with Gasteiger partial charge in [-0.2, -0.15) is 5.10 Å². The number of rotatable bonds is 5. The number of fused-ring (bicyclic) bond motifs is 1. The molecule has 0 saturated carbocycles. The smallest absolute Gasteiger partial charge is 0.352 e. The molecule has 1 aliphatic heterocycles. The van der Waals surface area contributed by atoms with Crippen LogP contribution >= 0.6 is 0 Å². The van der Waals surface area contributed by atoms with Crippen LogP contribution in [0.1, 0.15) is 36.5 Å². The van der Waals surface area contributed by atoms with Crippen LogP contribution in [0.2, 0.25) is 0 Å². The second-order valence-corrected chi connectivity index (χ2v) is 7.11. The third-order valence-electron chi connectivity index (χ3n) is 4.92. The monoisotopic (exact) mass is 424 g/mol. The number of anilines is 1. The van der Waals surface area contributed by atoms with E-state index in [1.807, 2.05) is 50.2 Å². The number of nitrogens with two attached hydrogens (primary N) is 2. The summed E-state index contributed by atoms with van der Waals surface area (Å²) in [5, 5.41) is 10.7. The van der Waals surface area contributed by atoms with Crippen molar-refractivity contribution in [1.82, 2.24) is 5.01 Å². The standard InChI is InChI=1S/C22H28N6O3/c1-4-21(26-25-18-12-13-30-20-11-6-5-9-16(18)20)31-14-17-15(2)8-7-10-19(17)28(24)22(29)27(3)23/h5-11H,4,12-14,23-24H2,1-3H3/b25-18?,26-21-. The number of carbonyl (C=O) groups excluding carboxylic acids is 1. The molecule has 3 rings (SSSR count). The van der Waals surface area contributed by atoms with Gasteiger partial charge in [0.15, 0.2) is 0 Å². The van der Waals surface area contributed by atoms with E-state index >= 15 is 0 Å². The SMILES string of the molecule is CC/C(=N/N=C1CCOc2ccccc21)OCc1c(C)cccc1N(N)C(=O)N(C)N. The maximum atomic E-state index is 12.2. The van der Waals surface area contributed by atoms with Crippen LogP contribution in [0.15, 0.2) is 52.7 Å². The van der Waals surface area contributed by atoms with E-state index in [0.29, 0.717) is 31.0 Å². The highest BCUT2D eigenvalue weighted by Crippen LogP contribution is 2.25. The topological polar surface area (TPSA) is 119 Å². The highest BCUT2D eigenvalue weighted by molar-refractivity contribution is 6.03. The summed E-state index contributed by atoms with van der Waals surface area (Å²) in [6, 6.07) is 12.7. The second kappa shape index (κ2) is 10.1. The normalized spacial score (nSPS) is 14.6. The summed E-state index contributed by atoms with van der Waals surface area (Å²) in [5.74, 6) is 12.8. The molecule has 164 valence electrons. The minimum absolute atomic E-state index is 0.189. The van der Waals surface area contributed by atoms with Crippen molar-refractivity contribution in [2.75, 3.05) is 18.7 Å². The van der Waals surface area contributed by atoms with Gasteiger partial charge in [0, 0.05) is 31.0 Å². The minimum atomic E-state index is -0.541. The fourth-order valence-corrected chi connectivity index (χ4v) is 3.17. The van der Waals surface area contributed by atoms with Crippen LogP contribution in [-0.2, 0) is 11.3 Å². The van der Waals surface area contributed by atoms with Crippen LogP contribution in [-0.4, -0.2) is 36.3 Å². The number of nitrogens with zero attached hydrogens (tertiary/aromatic N) is 4. The third kappa shape index (κ3) is 5.19. The van der Waals surface area contributed by atoms with Crippen molar-refractivity contribution < 1.29 is 14.3 Å². The zero-order valence-electron chi connectivity index (χ0n) is 18.0. The molecule has 0 unspecified atom stereocenters. The molecule has 1 aliphatic rings. The van der Waals surface area contributed by atoms with E-state index in [-0.39, 0.29) is 6.61 Å². The lowest BCUT2D eigenvalue weighted by atomic mass is 10.0. The van der Waals surface area contributed by atoms with Gasteiger partial charge in [0.2, 0.25) is 5.90 Å². The summed E-state index contributed by atoms with van der Waals surface area (Å²) >= 11 is 0.